The van der Waals surface area contributed by atoms with E-state index in [2.05, 4.69) is 20.9 Å². The summed E-state index contributed by atoms with van der Waals surface area (Å²) in [6.45, 7) is 1.46. The average Bonchev–Trinajstić information content (AvgIpc) is 2.92. The van der Waals surface area contributed by atoms with Gasteiger partial charge in [-0.05, 0) is 46.8 Å². The Morgan fingerprint density at radius 1 is 1.39 bits per heavy atom. The fourth-order valence-corrected chi connectivity index (χ4v) is 3.32. The highest BCUT2D eigenvalue weighted by molar-refractivity contribution is 9.10. The third kappa shape index (κ3) is 2.06. The molecule has 2 aliphatic rings. The lowest BCUT2D eigenvalue weighted by molar-refractivity contribution is 0.0752. The SMILES string of the molecule is O=C(c1ccc(Br)nc1)N1CC2CCC(O)C2C1. The Balaban J connectivity index is 1.73. The Bertz CT molecular complexity index is 463. The number of rotatable bonds is 1. The monoisotopic (exact) mass is 310 g/mol. The van der Waals surface area contributed by atoms with Gasteiger partial charge in [-0.3, -0.25) is 4.79 Å². The maximum absolute atomic E-state index is 12.3. The van der Waals surface area contributed by atoms with Gasteiger partial charge in [0.25, 0.3) is 5.91 Å². The van der Waals surface area contributed by atoms with Crippen LogP contribution in [0.1, 0.15) is 23.2 Å². The largest absolute Gasteiger partial charge is 0.393 e. The van der Waals surface area contributed by atoms with E-state index in [0.717, 1.165) is 24.0 Å². The molecule has 1 saturated heterocycles. The van der Waals surface area contributed by atoms with E-state index < -0.39 is 0 Å². The molecule has 96 valence electrons. The highest BCUT2D eigenvalue weighted by Gasteiger charge is 2.43. The first-order valence-electron chi connectivity index (χ1n) is 6.24. The van der Waals surface area contributed by atoms with Crippen molar-refractivity contribution < 1.29 is 9.90 Å². The predicted molar refractivity (Wildman–Crippen MR) is 70.1 cm³/mol. The summed E-state index contributed by atoms with van der Waals surface area (Å²) in [5.74, 6) is 0.779. The average molecular weight is 311 g/mol. The lowest BCUT2D eigenvalue weighted by atomic mass is 10.00. The van der Waals surface area contributed by atoms with Crippen molar-refractivity contribution in [2.75, 3.05) is 13.1 Å². The van der Waals surface area contributed by atoms with Crippen molar-refractivity contribution in [2.45, 2.75) is 18.9 Å². The Hall–Kier alpha value is -0.940. The lowest BCUT2D eigenvalue weighted by Crippen LogP contribution is -2.31. The molecule has 1 N–H and O–H groups in total. The number of amides is 1. The second kappa shape index (κ2) is 4.63. The Morgan fingerprint density at radius 3 is 2.89 bits per heavy atom. The number of hydrogen-bond donors (Lipinski definition) is 1. The second-order valence-corrected chi connectivity index (χ2v) is 5.96. The number of carbonyl (C=O) groups excluding carboxylic acids is 1. The molecule has 0 bridgehead atoms. The topological polar surface area (TPSA) is 53.4 Å². The normalized spacial score (nSPS) is 30.6. The van der Waals surface area contributed by atoms with E-state index in [1.54, 1.807) is 18.3 Å². The van der Waals surface area contributed by atoms with Crippen molar-refractivity contribution in [1.29, 1.82) is 0 Å². The van der Waals surface area contributed by atoms with Crippen LogP contribution in [0.15, 0.2) is 22.9 Å². The van der Waals surface area contributed by atoms with Crippen LogP contribution in [0.4, 0.5) is 0 Å². The van der Waals surface area contributed by atoms with Crippen molar-refractivity contribution in [1.82, 2.24) is 9.88 Å². The quantitative estimate of drug-likeness (QED) is 0.803. The summed E-state index contributed by atoms with van der Waals surface area (Å²) in [6, 6.07) is 3.56. The molecule has 5 heteroatoms. The highest BCUT2D eigenvalue weighted by Crippen LogP contribution is 2.38. The van der Waals surface area contributed by atoms with Crippen molar-refractivity contribution in [2.24, 2.45) is 11.8 Å². The van der Waals surface area contributed by atoms with Crippen molar-refractivity contribution in [3.63, 3.8) is 0 Å². The molecule has 3 rings (SSSR count). The van der Waals surface area contributed by atoms with Gasteiger partial charge in [-0.15, -0.1) is 0 Å². The van der Waals surface area contributed by atoms with Gasteiger partial charge in [-0.1, -0.05) is 0 Å². The van der Waals surface area contributed by atoms with Gasteiger partial charge in [0.15, 0.2) is 0 Å². The summed E-state index contributed by atoms with van der Waals surface area (Å²) in [7, 11) is 0. The summed E-state index contributed by atoms with van der Waals surface area (Å²) < 4.78 is 0.729. The minimum atomic E-state index is -0.226. The predicted octanol–water partition coefficient (Wildman–Crippen LogP) is 1.69. The minimum Gasteiger partial charge on any atom is -0.393 e. The fourth-order valence-electron chi connectivity index (χ4n) is 3.09. The molecule has 1 saturated carbocycles. The molecule has 2 fully saturated rings. The van der Waals surface area contributed by atoms with Crippen LogP contribution in [0.2, 0.25) is 0 Å². The van der Waals surface area contributed by atoms with Crippen LogP contribution in [0.5, 0.6) is 0 Å². The first-order valence-corrected chi connectivity index (χ1v) is 7.03. The van der Waals surface area contributed by atoms with E-state index in [-0.39, 0.29) is 17.9 Å². The fraction of sp³-hybridized carbons (Fsp3) is 0.538. The van der Waals surface area contributed by atoms with Crippen molar-refractivity contribution in [3.05, 3.63) is 28.5 Å². The van der Waals surface area contributed by atoms with Gasteiger partial charge in [-0.25, -0.2) is 4.98 Å². The molecule has 3 unspecified atom stereocenters. The molecule has 0 radical (unpaired) electrons. The number of halogens is 1. The Morgan fingerprint density at radius 2 is 2.22 bits per heavy atom. The highest BCUT2D eigenvalue weighted by atomic mass is 79.9. The Labute approximate surface area is 114 Å². The molecule has 2 heterocycles. The van der Waals surface area contributed by atoms with Crippen LogP contribution in [0.25, 0.3) is 0 Å². The molecule has 1 aromatic heterocycles. The standard InChI is InChI=1S/C13H15BrN2O2/c14-12-4-2-8(5-15-12)13(18)16-6-9-1-3-11(17)10(9)7-16/h2,4-5,9-11,17H,1,3,6-7H2. The second-order valence-electron chi connectivity index (χ2n) is 5.15. The molecule has 0 aromatic carbocycles. The summed E-state index contributed by atoms with van der Waals surface area (Å²) in [5.41, 5.74) is 0.618. The van der Waals surface area contributed by atoms with E-state index in [4.69, 9.17) is 0 Å². The third-order valence-electron chi connectivity index (χ3n) is 4.08. The molecular formula is C13H15BrN2O2. The molecular weight excluding hydrogens is 296 g/mol. The smallest absolute Gasteiger partial charge is 0.255 e. The zero-order valence-electron chi connectivity index (χ0n) is 9.92. The maximum Gasteiger partial charge on any atom is 0.255 e. The van der Waals surface area contributed by atoms with E-state index in [0.29, 0.717) is 18.0 Å². The number of nitrogens with zero attached hydrogens (tertiary/aromatic N) is 2. The summed E-state index contributed by atoms with van der Waals surface area (Å²) >= 11 is 3.26. The zero-order chi connectivity index (χ0) is 12.7. The van der Waals surface area contributed by atoms with Gasteiger partial charge in [0, 0.05) is 25.2 Å². The lowest BCUT2D eigenvalue weighted by Gasteiger charge is -2.18. The zero-order valence-corrected chi connectivity index (χ0v) is 11.5. The number of aromatic nitrogens is 1. The third-order valence-corrected chi connectivity index (χ3v) is 4.55. The number of pyridine rings is 1. The van der Waals surface area contributed by atoms with Crippen LogP contribution in [-0.4, -0.2) is 40.1 Å². The van der Waals surface area contributed by atoms with Crippen molar-refractivity contribution >= 4 is 21.8 Å². The molecule has 3 atom stereocenters. The number of aliphatic hydroxyl groups is 1. The molecule has 4 nitrogen and oxygen atoms in total. The molecule has 1 aliphatic carbocycles. The van der Waals surface area contributed by atoms with Gasteiger partial charge in [0.2, 0.25) is 0 Å². The minimum absolute atomic E-state index is 0.0246. The van der Waals surface area contributed by atoms with Crippen LogP contribution < -0.4 is 0 Å². The number of aliphatic hydroxyl groups excluding tert-OH is 1. The van der Waals surface area contributed by atoms with E-state index >= 15 is 0 Å². The molecule has 1 aliphatic heterocycles. The summed E-state index contributed by atoms with van der Waals surface area (Å²) in [5, 5.41) is 9.85. The number of carbonyl (C=O) groups is 1. The van der Waals surface area contributed by atoms with Crippen molar-refractivity contribution in [3.8, 4) is 0 Å². The molecule has 1 amide bonds. The van der Waals surface area contributed by atoms with Gasteiger partial charge in [0.1, 0.15) is 4.60 Å². The first kappa shape index (κ1) is 12.1. The molecule has 0 spiro atoms. The van der Waals surface area contributed by atoms with E-state index in [1.807, 2.05) is 4.90 Å². The first-order chi connectivity index (χ1) is 8.65. The van der Waals surface area contributed by atoms with Crippen LogP contribution in [0, 0.1) is 11.8 Å². The van der Waals surface area contributed by atoms with Crippen LogP contribution >= 0.6 is 15.9 Å². The number of fused-ring (bicyclic) bond motifs is 1. The van der Waals surface area contributed by atoms with Gasteiger partial charge in [-0.2, -0.15) is 0 Å². The maximum atomic E-state index is 12.3. The summed E-state index contributed by atoms with van der Waals surface area (Å²) in [6.07, 6.45) is 3.29. The van der Waals surface area contributed by atoms with Crippen LogP contribution in [-0.2, 0) is 0 Å². The van der Waals surface area contributed by atoms with Gasteiger partial charge < -0.3 is 10.0 Å². The van der Waals surface area contributed by atoms with Crippen LogP contribution in [0.3, 0.4) is 0 Å². The molecule has 1 aromatic rings. The van der Waals surface area contributed by atoms with Gasteiger partial charge in [0.05, 0.1) is 11.7 Å². The van der Waals surface area contributed by atoms with Gasteiger partial charge >= 0.3 is 0 Å². The Kier molecular flexibility index (Phi) is 3.11. The number of hydrogen-bond acceptors (Lipinski definition) is 3. The van der Waals surface area contributed by atoms with E-state index in [1.165, 1.54) is 0 Å². The molecule has 18 heavy (non-hydrogen) atoms. The summed E-state index contributed by atoms with van der Waals surface area (Å²) in [4.78, 5) is 18.2. The van der Waals surface area contributed by atoms with E-state index in [9.17, 15) is 9.90 Å². The number of likely N-dealkylation sites (tertiary alicyclic amines) is 1.